The molecule has 0 amide bonds. The lowest BCUT2D eigenvalue weighted by Crippen LogP contribution is -2.29. The summed E-state index contributed by atoms with van der Waals surface area (Å²) in [5.74, 6) is -1.40. The molecule has 3 aromatic rings. The number of hydrogen-bond acceptors (Lipinski definition) is 6. The Bertz CT molecular complexity index is 1110. The van der Waals surface area contributed by atoms with E-state index < -0.39 is 17.9 Å². The molecule has 0 N–H and O–H groups in total. The van der Waals surface area contributed by atoms with E-state index in [4.69, 9.17) is 9.47 Å². The first-order chi connectivity index (χ1) is 15.6. The van der Waals surface area contributed by atoms with Crippen LogP contribution >= 0.6 is 11.3 Å². The average Bonchev–Trinajstić information content (AvgIpc) is 3.23. The molecule has 2 aromatic carbocycles. The lowest BCUT2D eigenvalue weighted by atomic mass is 9.87. The molecule has 1 aliphatic rings. The molecule has 0 bridgehead atoms. The summed E-state index contributed by atoms with van der Waals surface area (Å²) in [5, 5.41) is 1.07. The number of carbonyl (C=O) groups excluding carboxylic acids is 2. The van der Waals surface area contributed by atoms with Crippen LogP contribution < -0.4 is 0 Å². The van der Waals surface area contributed by atoms with Gasteiger partial charge in [-0.25, -0.2) is 9.59 Å². The third-order valence-electron chi connectivity index (χ3n) is 5.19. The lowest BCUT2D eigenvalue weighted by molar-refractivity contribution is -0.139. The van der Waals surface area contributed by atoms with E-state index in [1.54, 1.807) is 37.6 Å². The predicted molar refractivity (Wildman–Crippen MR) is 126 cm³/mol. The number of fused-ring (bicyclic) bond motifs is 1. The molecule has 0 saturated carbocycles. The van der Waals surface area contributed by atoms with Crippen LogP contribution in [0.3, 0.4) is 0 Å². The van der Waals surface area contributed by atoms with Crippen molar-refractivity contribution in [3.63, 3.8) is 0 Å². The lowest BCUT2D eigenvalue weighted by Gasteiger charge is -2.29. The second kappa shape index (κ2) is 9.83. The number of benzene rings is 2. The first-order valence-electron chi connectivity index (χ1n) is 10.7. The van der Waals surface area contributed by atoms with Gasteiger partial charge < -0.3 is 14.4 Å². The Labute approximate surface area is 191 Å². The van der Waals surface area contributed by atoms with Crippen LogP contribution in [0.4, 0.5) is 0 Å². The fraction of sp³-hybridized carbons (Fsp3) is 0.231. The maximum atomic E-state index is 13.0. The molecule has 0 unspecified atom stereocenters. The van der Waals surface area contributed by atoms with Crippen molar-refractivity contribution in [3.8, 4) is 0 Å². The predicted octanol–water partition coefficient (Wildman–Crippen LogP) is 5.39. The van der Waals surface area contributed by atoms with Gasteiger partial charge in [0.05, 0.1) is 30.3 Å². The topological polar surface area (TPSA) is 55.8 Å². The van der Waals surface area contributed by atoms with Gasteiger partial charge in [0, 0.05) is 28.5 Å². The maximum absolute atomic E-state index is 13.0. The van der Waals surface area contributed by atoms with Crippen molar-refractivity contribution in [2.24, 2.45) is 0 Å². The SMILES string of the molecule is CCOC(=O)C1=CN(Cc2ccccc2)C=C(C(=O)OCC)C1c1cc2ccccc2s1. The van der Waals surface area contributed by atoms with Crippen molar-refractivity contribution < 1.29 is 19.1 Å². The number of ether oxygens (including phenoxy) is 2. The highest BCUT2D eigenvalue weighted by molar-refractivity contribution is 7.19. The fourth-order valence-electron chi connectivity index (χ4n) is 3.82. The van der Waals surface area contributed by atoms with Gasteiger partial charge in [0.25, 0.3) is 0 Å². The zero-order valence-corrected chi connectivity index (χ0v) is 18.9. The highest BCUT2D eigenvalue weighted by Gasteiger charge is 2.36. The van der Waals surface area contributed by atoms with E-state index in [1.807, 2.05) is 65.6 Å². The van der Waals surface area contributed by atoms with Crippen molar-refractivity contribution in [1.29, 1.82) is 0 Å². The van der Waals surface area contributed by atoms with Crippen molar-refractivity contribution in [1.82, 2.24) is 4.90 Å². The van der Waals surface area contributed by atoms with Crippen LogP contribution in [0.15, 0.2) is 84.2 Å². The molecular formula is C26H25NO4S. The van der Waals surface area contributed by atoms with Gasteiger partial charge in [-0.2, -0.15) is 0 Å². The quantitative estimate of drug-likeness (QED) is 0.454. The van der Waals surface area contributed by atoms with Crippen molar-refractivity contribution >= 4 is 33.4 Å². The van der Waals surface area contributed by atoms with Crippen LogP contribution in [0.5, 0.6) is 0 Å². The summed E-state index contributed by atoms with van der Waals surface area (Å²) in [6.07, 6.45) is 3.59. The summed E-state index contributed by atoms with van der Waals surface area (Å²) in [4.78, 5) is 28.8. The summed E-state index contributed by atoms with van der Waals surface area (Å²) >= 11 is 1.57. The van der Waals surface area contributed by atoms with E-state index in [1.165, 1.54) is 0 Å². The van der Waals surface area contributed by atoms with Gasteiger partial charge in [-0.1, -0.05) is 48.5 Å². The van der Waals surface area contributed by atoms with Gasteiger partial charge in [-0.05, 0) is 36.9 Å². The smallest absolute Gasteiger partial charge is 0.336 e. The zero-order chi connectivity index (χ0) is 22.5. The number of carbonyl (C=O) groups is 2. The molecule has 0 atom stereocenters. The minimum Gasteiger partial charge on any atom is -0.463 e. The van der Waals surface area contributed by atoms with Crippen molar-refractivity contribution in [3.05, 3.63) is 94.7 Å². The third kappa shape index (κ3) is 4.60. The molecule has 0 radical (unpaired) electrons. The molecule has 0 saturated heterocycles. The normalized spacial score (nSPS) is 14.1. The Morgan fingerprint density at radius 2 is 1.47 bits per heavy atom. The van der Waals surface area contributed by atoms with Gasteiger partial charge in [0.1, 0.15) is 0 Å². The molecule has 0 spiro atoms. The molecule has 0 fully saturated rings. The largest absolute Gasteiger partial charge is 0.463 e. The number of hydrogen-bond donors (Lipinski definition) is 0. The first kappa shape index (κ1) is 21.8. The monoisotopic (exact) mass is 447 g/mol. The van der Waals surface area contributed by atoms with Crippen LogP contribution in [0, 0.1) is 0 Å². The highest BCUT2D eigenvalue weighted by Crippen LogP contribution is 2.42. The standard InChI is InChI=1S/C26H25NO4S/c1-3-30-25(28)20-16-27(15-18-10-6-5-7-11-18)17-21(26(29)31-4-2)24(20)23-14-19-12-8-9-13-22(19)32-23/h5-14,16-17,24H,3-4,15H2,1-2H3. The summed E-state index contributed by atoms with van der Waals surface area (Å²) in [5.41, 5.74) is 1.92. The highest BCUT2D eigenvalue weighted by atomic mass is 32.1. The van der Waals surface area contributed by atoms with Gasteiger partial charge in [-0.15, -0.1) is 11.3 Å². The molecule has 1 aliphatic heterocycles. The fourth-order valence-corrected chi connectivity index (χ4v) is 5.02. The number of nitrogens with zero attached hydrogens (tertiary/aromatic N) is 1. The molecule has 164 valence electrons. The van der Waals surface area contributed by atoms with Crippen LogP contribution in [-0.2, 0) is 25.6 Å². The number of rotatable bonds is 7. The molecular weight excluding hydrogens is 422 g/mol. The van der Waals surface area contributed by atoms with Gasteiger partial charge in [0.15, 0.2) is 0 Å². The summed E-state index contributed by atoms with van der Waals surface area (Å²) in [7, 11) is 0. The van der Waals surface area contributed by atoms with Gasteiger partial charge in [-0.3, -0.25) is 0 Å². The Hall–Kier alpha value is -3.38. The summed E-state index contributed by atoms with van der Waals surface area (Å²) in [6.45, 7) is 4.59. The second-order valence-corrected chi connectivity index (χ2v) is 8.50. The Morgan fingerprint density at radius 1 is 0.875 bits per heavy atom. The van der Waals surface area contributed by atoms with E-state index >= 15 is 0 Å². The second-order valence-electron chi connectivity index (χ2n) is 7.39. The van der Waals surface area contributed by atoms with E-state index in [9.17, 15) is 9.59 Å². The minimum absolute atomic E-state index is 0.256. The number of esters is 2. The third-order valence-corrected chi connectivity index (χ3v) is 6.37. The molecule has 1 aromatic heterocycles. The Kier molecular flexibility index (Phi) is 6.71. The number of thiophene rings is 1. The Balaban J connectivity index is 1.81. The molecule has 0 aliphatic carbocycles. The molecule has 6 heteroatoms. The summed E-state index contributed by atoms with van der Waals surface area (Å²) in [6, 6.07) is 20.0. The van der Waals surface area contributed by atoms with Crippen LogP contribution in [0.25, 0.3) is 10.1 Å². The van der Waals surface area contributed by atoms with Crippen LogP contribution in [0.1, 0.15) is 30.2 Å². The van der Waals surface area contributed by atoms with Crippen molar-refractivity contribution in [2.75, 3.05) is 13.2 Å². The van der Waals surface area contributed by atoms with E-state index in [-0.39, 0.29) is 13.2 Å². The molecule has 2 heterocycles. The first-order valence-corrected chi connectivity index (χ1v) is 11.5. The molecule has 32 heavy (non-hydrogen) atoms. The van der Waals surface area contributed by atoms with Crippen molar-refractivity contribution in [2.45, 2.75) is 26.3 Å². The van der Waals surface area contributed by atoms with E-state index in [2.05, 4.69) is 0 Å². The van der Waals surface area contributed by atoms with Gasteiger partial charge >= 0.3 is 11.9 Å². The molecule has 4 rings (SSSR count). The minimum atomic E-state index is -0.544. The maximum Gasteiger partial charge on any atom is 0.336 e. The van der Waals surface area contributed by atoms with Gasteiger partial charge in [0.2, 0.25) is 0 Å². The zero-order valence-electron chi connectivity index (χ0n) is 18.1. The Morgan fingerprint density at radius 3 is 2.06 bits per heavy atom. The summed E-state index contributed by atoms with van der Waals surface area (Å²) < 4.78 is 11.9. The van der Waals surface area contributed by atoms with E-state index in [0.717, 1.165) is 20.5 Å². The van der Waals surface area contributed by atoms with E-state index in [0.29, 0.717) is 17.7 Å². The van der Waals surface area contributed by atoms with Crippen LogP contribution in [0.2, 0.25) is 0 Å². The van der Waals surface area contributed by atoms with Crippen LogP contribution in [-0.4, -0.2) is 30.1 Å². The molecule has 5 nitrogen and oxygen atoms in total. The average molecular weight is 448 g/mol.